The van der Waals surface area contributed by atoms with Crippen LogP contribution in [-0.4, -0.2) is 21.8 Å². The van der Waals surface area contributed by atoms with E-state index in [4.69, 9.17) is 0 Å². The molecule has 2 aromatic heterocycles. The molecule has 182 valence electrons. The van der Waals surface area contributed by atoms with Crippen LogP contribution in [0.15, 0.2) is 83.1 Å². The second kappa shape index (κ2) is 11.4. The molecule has 4 aromatic rings. The van der Waals surface area contributed by atoms with E-state index < -0.39 is 0 Å². The predicted molar refractivity (Wildman–Crippen MR) is 148 cm³/mol. The minimum Gasteiger partial charge on any atom is -0.321 e. The standard InChI is InChI=1S/C28H26N4O2S2/c1-17-9-5-10-18(2)23(17)31-25(33)21-13-7-15-29-27(21)35-36-28-22(14-8-16-30-28)26(34)32-24-19(3)11-6-12-20(24)4/h5-16H,1-4H3,(H,31,33)(H,32,34). The maximum atomic E-state index is 13.1. The van der Waals surface area contributed by atoms with Crippen LogP contribution in [0.5, 0.6) is 0 Å². The average molecular weight is 515 g/mol. The molecule has 2 heterocycles. The number of aromatic nitrogens is 2. The number of pyridine rings is 2. The smallest absolute Gasteiger partial charge is 0.258 e. The largest absolute Gasteiger partial charge is 0.321 e. The molecular weight excluding hydrogens is 488 g/mol. The maximum absolute atomic E-state index is 13.1. The lowest BCUT2D eigenvalue weighted by molar-refractivity contribution is 0.101. The molecule has 36 heavy (non-hydrogen) atoms. The number of rotatable bonds is 7. The molecule has 2 N–H and O–H groups in total. The van der Waals surface area contributed by atoms with Gasteiger partial charge in [0, 0.05) is 23.8 Å². The van der Waals surface area contributed by atoms with E-state index in [1.807, 2.05) is 64.1 Å². The quantitative estimate of drug-likeness (QED) is 0.258. The summed E-state index contributed by atoms with van der Waals surface area (Å²) in [6.45, 7) is 7.85. The van der Waals surface area contributed by atoms with Gasteiger partial charge in [0.25, 0.3) is 11.8 Å². The van der Waals surface area contributed by atoms with Crippen molar-refractivity contribution in [1.29, 1.82) is 0 Å². The molecule has 0 radical (unpaired) electrons. The number of amides is 2. The van der Waals surface area contributed by atoms with Crippen molar-refractivity contribution < 1.29 is 9.59 Å². The van der Waals surface area contributed by atoms with Gasteiger partial charge in [0.05, 0.1) is 11.1 Å². The molecule has 0 saturated heterocycles. The Hall–Kier alpha value is -3.62. The summed E-state index contributed by atoms with van der Waals surface area (Å²) in [6, 6.07) is 18.7. The highest BCUT2D eigenvalue weighted by atomic mass is 33.1. The Bertz CT molecular complexity index is 1290. The first-order chi connectivity index (χ1) is 17.3. The normalized spacial score (nSPS) is 10.7. The van der Waals surface area contributed by atoms with Crippen LogP contribution < -0.4 is 10.6 Å². The fourth-order valence-corrected chi connectivity index (χ4v) is 5.86. The summed E-state index contributed by atoms with van der Waals surface area (Å²) < 4.78 is 0. The minimum atomic E-state index is -0.238. The topological polar surface area (TPSA) is 84.0 Å². The lowest BCUT2D eigenvalue weighted by Crippen LogP contribution is -2.15. The van der Waals surface area contributed by atoms with Crippen LogP contribution >= 0.6 is 21.6 Å². The van der Waals surface area contributed by atoms with Crippen molar-refractivity contribution in [2.75, 3.05) is 10.6 Å². The third kappa shape index (κ3) is 5.78. The number of para-hydroxylation sites is 2. The predicted octanol–water partition coefficient (Wildman–Crippen LogP) is 7.01. The second-order valence-corrected chi connectivity index (χ2v) is 10.4. The number of anilines is 2. The van der Waals surface area contributed by atoms with Gasteiger partial charge in [-0.2, -0.15) is 0 Å². The summed E-state index contributed by atoms with van der Waals surface area (Å²) in [6.07, 6.45) is 3.29. The maximum Gasteiger partial charge on any atom is 0.258 e. The summed E-state index contributed by atoms with van der Waals surface area (Å²) in [5, 5.41) is 7.12. The lowest BCUT2D eigenvalue weighted by atomic mass is 10.1. The van der Waals surface area contributed by atoms with Crippen LogP contribution in [-0.2, 0) is 0 Å². The Morgan fingerprint density at radius 2 is 0.944 bits per heavy atom. The van der Waals surface area contributed by atoms with Gasteiger partial charge >= 0.3 is 0 Å². The molecule has 4 rings (SSSR count). The lowest BCUT2D eigenvalue weighted by Gasteiger charge is -2.14. The van der Waals surface area contributed by atoms with Crippen LogP contribution in [0.3, 0.4) is 0 Å². The number of hydrogen-bond donors (Lipinski definition) is 2. The van der Waals surface area contributed by atoms with E-state index in [0.717, 1.165) is 33.6 Å². The summed E-state index contributed by atoms with van der Waals surface area (Å²) in [5.74, 6) is -0.477. The SMILES string of the molecule is Cc1cccc(C)c1NC(=O)c1cccnc1SSc1ncccc1C(=O)Nc1c(C)cccc1C. The summed E-state index contributed by atoms with van der Waals surface area (Å²) in [4.78, 5) is 35.1. The Kier molecular flexibility index (Phi) is 8.07. The third-order valence-corrected chi connectivity index (χ3v) is 7.92. The Morgan fingerprint density at radius 3 is 1.31 bits per heavy atom. The first-order valence-corrected chi connectivity index (χ1v) is 13.5. The number of hydrogen-bond acceptors (Lipinski definition) is 6. The monoisotopic (exact) mass is 514 g/mol. The molecule has 8 heteroatoms. The van der Waals surface area contributed by atoms with Crippen molar-refractivity contribution in [2.24, 2.45) is 0 Å². The molecule has 6 nitrogen and oxygen atoms in total. The highest BCUT2D eigenvalue weighted by molar-refractivity contribution is 8.76. The molecule has 0 fully saturated rings. The highest BCUT2D eigenvalue weighted by Gasteiger charge is 2.19. The molecule has 0 aliphatic heterocycles. The summed E-state index contributed by atoms with van der Waals surface area (Å²) in [5.41, 5.74) is 6.46. The van der Waals surface area contributed by atoms with Crippen molar-refractivity contribution in [3.8, 4) is 0 Å². The zero-order valence-corrected chi connectivity index (χ0v) is 22.1. The molecule has 0 aliphatic rings. The van der Waals surface area contributed by atoms with Crippen LogP contribution in [0, 0.1) is 27.7 Å². The number of carbonyl (C=O) groups is 2. The number of carbonyl (C=O) groups excluding carboxylic acids is 2. The van der Waals surface area contributed by atoms with Gasteiger partial charge in [0.2, 0.25) is 0 Å². The van der Waals surface area contributed by atoms with E-state index in [2.05, 4.69) is 20.6 Å². The Morgan fingerprint density at radius 1 is 0.583 bits per heavy atom. The Balaban J connectivity index is 1.53. The molecule has 0 aliphatic carbocycles. The van der Waals surface area contributed by atoms with Crippen molar-refractivity contribution in [1.82, 2.24) is 9.97 Å². The van der Waals surface area contributed by atoms with E-state index in [1.54, 1.807) is 36.7 Å². The van der Waals surface area contributed by atoms with Gasteiger partial charge in [-0.25, -0.2) is 9.97 Å². The highest BCUT2D eigenvalue weighted by Crippen LogP contribution is 2.39. The number of aryl methyl sites for hydroxylation is 4. The minimum absolute atomic E-state index is 0.238. The second-order valence-electron chi connectivity index (χ2n) is 8.32. The van der Waals surface area contributed by atoms with Crippen LogP contribution in [0.4, 0.5) is 11.4 Å². The summed E-state index contributed by atoms with van der Waals surface area (Å²) >= 11 is 0. The molecule has 0 spiro atoms. The number of benzene rings is 2. The molecule has 0 unspecified atom stereocenters. The zero-order chi connectivity index (χ0) is 25.7. The number of nitrogens with one attached hydrogen (secondary N) is 2. The van der Waals surface area contributed by atoms with Gasteiger partial charge in [-0.15, -0.1) is 0 Å². The molecule has 2 amide bonds. The van der Waals surface area contributed by atoms with Crippen molar-refractivity contribution in [3.05, 3.63) is 106 Å². The van der Waals surface area contributed by atoms with Gasteiger partial charge in [-0.3, -0.25) is 9.59 Å². The van der Waals surface area contributed by atoms with E-state index in [0.29, 0.717) is 21.2 Å². The Labute approximate surface area is 218 Å². The first kappa shape index (κ1) is 25.5. The average Bonchev–Trinajstić information content (AvgIpc) is 2.87. The van der Waals surface area contributed by atoms with Crippen LogP contribution in [0.25, 0.3) is 0 Å². The molecule has 2 aromatic carbocycles. The molecule has 0 saturated carbocycles. The van der Waals surface area contributed by atoms with Gasteiger partial charge in [-0.05, 0) is 95.8 Å². The zero-order valence-electron chi connectivity index (χ0n) is 20.5. The molecule has 0 atom stereocenters. The van der Waals surface area contributed by atoms with Gasteiger partial charge in [0.15, 0.2) is 0 Å². The van der Waals surface area contributed by atoms with Gasteiger partial charge < -0.3 is 10.6 Å². The number of nitrogens with zero attached hydrogens (tertiary/aromatic N) is 2. The van der Waals surface area contributed by atoms with Gasteiger partial charge in [-0.1, -0.05) is 36.4 Å². The van der Waals surface area contributed by atoms with Crippen molar-refractivity contribution >= 4 is 44.8 Å². The van der Waals surface area contributed by atoms with E-state index in [-0.39, 0.29) is 11.8 Å². The van der Waals surface area contributed by atoms with E-state index >= 15 is 0 Å². The van der Waals surface area contributed by atoms with Gasteiger partial charge in [0.1, 0.15) is 10.1 Å². The van der Waals surface area contributed by atoms with Crippen molar-refractivity contribution in [3.63, 3.8) is 0 Å². The van der Waals surface area contributed by atoms with Crippen molar-refractivity contribution in [2.45, 2.75) is 37.7 Å². The third-order valence-electron chi connectivity index (χ3n) is 5.67. The summed E-state index contributed by atoms with van der Waals surface area (Å²) in [7, 11) is 2.59. The van der Waals surface area contributed by atoms with E-state index in [1.165, 1.54) is 21.6 Å². The van der Waals surface area contributed by atoms with Crippen LogP contribution in [0.2, 0.25) is 0 Å². The van der Waals surface area contributed by atoms with Crippen LogP contribution in [0.1, 0.15) is 43.0 Å². The van der Waals surface area contributed by atoms with E-state index in [9.17, 15) is 9.59 Å². The first-order valence-electron chi connectivity index (χ1n) is 11.3. The molecule has 0 bridgehead atoms. The fraction of sp³-hybridized carbons (Fsp3) is 0.143. The molecular formula is C28H26N4O2S2. The fourth-order valence-electron chi connectivity index (χ4n) is 3.72.